The number of ether oxygens (including phenoxy) is 1. The smallest absolute Gasteiger partial charge is 0.338 e. The number of aryl methyl sites for hydroxylation is 1. The van der Waals surface area contributed by atoms with Gasteiger partial charge in [-0.2, -0.15) is 0 Å². The zero-order valence-electron chi connectivity index (χ0n) is 12.0. The second-order valence-corrected chi connectivity index (χ2v) is 5.07. The van der Waals surface area contributed by atoms with E-state index in [0.717, 1.165) is 17.8 Å². The van der Waals surface area contributed by atoms with Gasteiger partial charge in [0.25, 0.3) is 0 Å². The van der Waals surface area contributed by atoms with Crippen LogP contribution in [-0.2, 0) is 11.2 Å². The predicted octanol–water partition coefficient (Wildman–Crippen LogP) is 3.02. The maximum atomic E-state index is 11.5. The molecule has 0 unspecified atom stereocenters. The number of benzene rings is 1. The summed E-state index contributed by atoms with van der Waals surface area (Å²) < 4.78 is 6.64. The zero-order chi connectivity index (χ0) is 14.8. The van der Waals surface area contributed by atoms with Crippen LogP contribution in [0.25, 0.3) is 5.65 Å². The Morgan fingerprint density at radius 3 is 2.90 bits per heavy atom. The standard InChI is InChI=1S/C17H16N2O2/c1-12-4-3-5-13(8-12)9-15-11-19-7-6-14(17(20)21-2)10-16(19)18-15/h3-8,10-11H,9H2,1-2H3. The number of aromatic nitrogens is 2. The lowest BCUT2D eigenvalue weighted by Crippen LogP contribution is -2.01. The van der Waals surface area contributed by atoms with Crippen LogP contribution in [0.1, 0.15) is 27.2 Å². The molecule has 4 heteroatoms. The molecule has 0 amide bonds. The minimum Gasteiger partial charge on any atom is -0.465 e. The first-order valence-electron chi connectivity index (χ1n) is 6.77. The van der Waals surface area contributed by atoms with Crippen molar-refractivity contribution >= 4 is 11.6 Å². The summed E-state index contributed by atoms with van der Waals surface area (Å²) in [6.07, 6.45) is 4.59. The van der Waals surface area contributed by atoms with E-state index in [0.29, 0.717) is 5.56 Å². The Bertz CT molecular complexity index is 805. The average molecular weight is 280 g/mol. The number of imidazole rings is 1. The van der Waals surface area contributed by atoms with Gasteiger partial charge in [0.1, 0.15) is 5.65 Å². The highest BCUT2D eigenvalue weighted by atomic mass is 16.5. The summed E-state index contributed by atoms with van der Waals surface area (Å²) in [5.41, 5.74) is 4.71. The molecule has 4 nitrogen and oxygen atoms in total. The molecule has 2 aromatic heterocycles. The van der Waals surface area contributed by atoms with Crippen molar-refractivity contribution in [2.45, 2.75) is 13.3 Å². The molecular formula is C17H16N2O2. The number of methoxy groups -OCH3 is 1. The minimum absolute atomic E-state index is 0.347. The van der Waals surface area contributed by atoms with Crippen LogP contribution in [0.4, 0.5) is 0 Å². The van der Waals surface area contributed by atoms with Crippen molar-refractivity contribution in [3.05, 3.63) is 71.2 Å². The first kappa shape index (κ1) is 13.4. The molecular weight excluding hydrogens is 264 g/mol. The Labute approximate surface area is 123 Å². The fourth-order valence-electron chi connectivity index (χ4n) is 2.40. The SMILES string of the molecule is COC(=O)c1ccn2cc(Cc3cccc(C)c3)nc2c1. The van der Waals surface area contributed by atoms with E-state index < -0.39 is 0 Å². The van der Waals surface area contributed by atoms with Gasteiger partial charge in [-0.1, -0.05) is 29.8 Å². The predicted molar refractivity (Wildman–Crippen MR) is 80.5 cm³/mol. The van der Waals surface area contributed by atoms with Crippen molar-refractivity contribution in [1.29, 1.82) is 0 Å². The van der Waals surface area contributed by atoms with Gasteiger partial charge in [-0.25, -0.2) is 9.78 Å². The van der Waals surface area contributed by atoms with Crippen LogP contribution in [0, 0.1) is 6.92 Å². The van der Waals surface area contributed by atoms with Gasteiger partial charge >= 0.3 is 5.97 Å². The van der Waals surface area contributed by atoms with Gasteiger partial charge in [-0.3, -0.25) is 0 Å². The Morgan fingerprint density at radius 1 is 1.29 bits per heavy atom. The fraction of sp³-hybridized carbons (Fsp3) is 0.176. The highest BCUT2D eigenvalue weighted by molar-refractivity contribution is 5.90. The fourth-order valence-corrected chi connectivity index (χ4v) is 2.40. The van der Waals surface area contributed by atoms with E-state index in [1.807, 2.05) is 16.8 Å². The second-order valence-electron chi connectivity index (χ2n) is 5.07. The van der Waals surface area contributed by atoms with E-state index in [4.69, 9.17) is 4.74 Å². The summed E-state index contributed by atoms with van der Waals surface area (Å²) in [5, 5.41) is 0. The summed E-state index contributed by atoms with van der Waals surface area (Å²) in [4.78, 5) is 16.1. The topological polar surface area (TPSA) is 43.6 Å². The molecule has 0 radical (unpaired) electrons. The summed E-state index contributed by atoms with van der Waals surface area (Å²) in [7, 11) is 1.38. The Balaban J connectivity index is 1.92. The summed E-state index contributed by atoms with van der Waals surface area (Å²) >= 11 is 0. The third-order valence-electron chi connectivity index (χ3n) is 3.40. The monoisotopic (exact) mass is 280 g/mol. The van der Waals surface area contributed by atoms with Crippen LogP contribution in [0.3, 0.4) is 0 Å². The van der Waals surface area contributed by atoms with Crippen LogP contribution in [0.2, 0.25) is 0 Å². The van der Waals surface area contributed by atoms with E-state index in [2.05, 4.69) is 36.2 Å². The van der Waals surface area contributed by atoms with E-state index in [-0.39, 0.29) is 5.97 Å². The lowest BCUT2D eigenvalue weighted by molar-refractivity contribution is 0.0600. The van der Waals surface area contributed by atoms with Crippen molar-refractivity contribution in [1.82, 2.24) is 9.38 Å². The highest BCUT2D eigenvalue weighted by Gasteiger charge is 2.08. The summed E-state index contributed by atoms with van der Waals surface area (Å²) in [5.74, 6) is -0.347. The number of carbonyl (C=O) groups is 1. The number of nitrogens with zero attached hydrogens (tertiary/aromatic N) is 2. The molecule has 0 fully saturated rings. The molecule has 0 saturated heterocycles. The molecule has 0 spiro atoms. The van der Waals surface area contributed by atoms with E-state index >= 15 is 0 Å². The largest absolute Gasteiger partial charge is 0.465 e. The van der Waals surface area contributed by atoms with Crippen LogP contribution >= 0.6 is 0 Å². The van der Waals surface area contributed by atoms with Gasteiger partial charge in [-0.05, 0) is 24.6 Å². The normalized spacial score (nSPS) is 10.8. The third kappa shape index (κ3) is 2.79. The van der Waals surface area contributed by atoms with Gasteiger partial charge in [-0.15, -0.1) is 0 Å². The van der Waals surface area contributed by atoms with Crippen molar-refractivity contribution in [2.75, 3.05) is 7.11 Å². The van der Waals surface area contributed by atoms with Crippen LogP contribution in [0.5, 0.6) is 0 Å². The van der Waals surface area contributed by atoms with Crippen molar-refractivity contribution in [3.63, 3.8) is 0 Å². The number of rotatable bonds is 3. The second kappa shape index (κ2) is 5.40. The van der Waals surface area contributed by atoms with E-state index in [1.165, 1.54) is 18.2 Å². The van der Waals surface area contributed by atoms with Gasteiger partial charge in [0.15, 0.2) is 0 Å². The van der Waals surface area contributed by atoms with Crippen molar-refractivity contribution in [2.24, 2.45) is 0 Å². The molecule has 0 bridgehead atoms. The third-order valence-corrected chi connectivity index (χ3v) is 3.40. The van der Waals surface area contributed by atoms with Crippen molar-refractivity contribution in [3.8, 4) is 0 Å². The molecule has 3 rings (SSSR count). The van der Waals surface area contributed by atoms with Crippen LogP contribution < -0.4 is 0 Å². The molecule has 3 aromatic rings. The Hall–Kier alpha value is -2.62. The molecule has 0 atom stereocenters. The summed E-state index contributed by atoms with van der Waals surface area (Å²) in [6.45, 7) is 2.08. The average Bonchev–Trinajstić information content (AvgIpc) is 2.87. The zero-order valence-corrected chi connectivity index (χ0v) is 12.0. The molecule has 21 heavy (non-hydrogen) atoms. The molecule has 0 aliphatic carbocycles. The van der Waals surface area contributed by atoms with Crippen molar-refractivity contribution < 1.29 is 9.53 Å². The molecule has 0 aliphatic heterocycles. The van der Waals surface area contributed by atoms with Gasteiger partial charge in [0, 0.05) is 18.8 Å². The molecule has 2 heterocycles. The Kier molecular flexibility index (Phi) is 3.44. The first-order chi connectivity index (χ1) is 10.2. The maximum Gasteiger partial charge on any atom is 0.338 e. The van der Waals surface area contributed by atoms with Gasteiger partial charge < -0.3 is 9.14 Å². The van der Waals surface area contributed by atoms with Crippen LogP contribution in [0.15, 0.2) is 48.8 Å². The first-order valence-corrected chi connectivity index (χ1v) is 6.77. The minimum atomic E-state index is -0.347. The number of hydrogen-bond acceptors (Lipinski definition) is 3. The number of hydrogen-bond donors (Lipinski definition) is 0. The number of fused-ring (bicyclic) bond motifs is 1. The lowest BCUT2D eigenvalue weighted by Gasteiger charge is -1.99. The van der Waals surface area contributed by atoms with Crippen LogP contribution in [-0.4, -0.2) is 22.5 Å². The lowest BCUT2D eigenvalue weighted by atomic mass is 10.1. The molecule has 1 aromatic carbocycles. The summed E-state index contributed by atoms with van der Waals surface area (Å²) in [6, 6.07) is 11.9. The number of carbonyl (C=O) groups excluding carboxylic acids is 1. The number of esters is 1. The van der Waals surface area contributed by atoms with E-state index in [9.17, 15) is 4.79 Å². The maximum absolute atomic E-state index is 11.5. The van der Waals surface area contributed by atoms with Gasteiger partial charge in [0.2, 0.25) is 0 Å². The van der Waals surface area contributed by atoms with Gasteiger partial charge in [0.05, 0.1) is 18.4 Å². The molecule has 106 valence electrons. The number of pyridine rings is 1. The van der Waals surface area contributed by atoms with E-state index in [1.54, 1.807) is 12.1 Å². The molecule has 0 saturated carbocycles. The quantitative estimate of drug-likeness (QED) is 0.693. The molecule has 0 aliphatic rings. The highest BCUT2D eigenvalue weighted by Crippen LogP contribution is 2.13. The molecule has 0 N–H and O–H groups in total. The Morgan fingerprint density at radius 2 is 2.14 bits per heavy atom.